The number of hydrogen-bond acceptors (Lipinski definition) is 3. The highest BCUT2D eigenvalue weighted by Gasteiger charge is 2.46. The molecule has 4 nitrogen and oxygen atoms in total. The number of nitrogens with two attached hydrogens (primary N) is 1. The van der Waals surface area contributed by atoms with E-state index in [9.17, 15) is 21.6 Å². The van der Waals surface area contributed by atoms with Crippen LogP contribution in [0.2, 0.25) is 0 Å². The van der Waals surface area contributed by atoms with Gasteiger partial charge in [0.15, 0.2) is 0 Å². The highest BCUT2D eigenvalue weighted by atomic mass is 32.2. The van der Waals surface area contributed by atoms with Crippen LogP contribution in [0.1, 0.15) is 25.7 Å². The Morgan fingerprint density at radius 1 is 1.19 bits per heavy atom. The van der Waals surface area contributed by atoms with Gasteiger partial charge in [-0.3, -0.25) is 0 Å². The van der Waals surface area contributed by atoms with Crippen LogP contribution < -0.4 is 10.5 Å². The van der Waals surface area contributed by atoms with Crippen molar-refractivity contribution in [2.45, 2.75) is 37.2 Å². The van der Waals surface area contributed by atoms with E-state index in [1.54, 1.807) is 4.72 Å². The van der Waals surface area contributed by atoms with Crippen LogP contribution in [0.5, 0.6) is 0 Å². The summed E-state index contributed by atoms with van der Waals surface area (Å²) in [6.45, 7) is 0.499. The van der Waals surface area contributed by atoms with Gasteiger partial charge in [-0.25, -0.2) is 13.1 Å². The minimum Gasteiger partial charge on any atom is -0.330 e. The van der Waals surface area contributed by atoms with Gasteiger partial charge < -0.3 is 5.73 Å². The van der Waals surface area contributed by atoms with Gasteiger partial charge in [-0.1, -0.05) is 0 Å². The zero-order valence-corrected chi connectivity index (χ0v) is 9.44. The average molecular weight is 260 g/mol. The normalized spacial score (nSPS) is 28.0. The fraction of sp³-hybridized carbons (Fsp3) is 1.00. The Morgan fingerprint density at radius 3 is 2.06 bits per heavy atom. The van der Waals surface area contributed by atoms with E-state index < -0.39 is 21.6 Å². The van der Waals surface area contributed by atoms with Gasteiger partial charge in [0.2, 0.25) is 0 Å². The SMILES string of the molecule is NC[C@H]1CC[C@H](NS(=O)(=O)C(F)(F)F)CC1. The summed E-state index contributed by atoms with van der Waals surface area (Å²) in [7, 11) is -5.20. The third-order valence-electron chi connectivity index (χ3n) is 2.81. The van der Waals surface area contributed by atoms with E-state index in [2.05, 4.69) is 0 Å². The summed E-state index contributed by atoms with van der Waals surface area (Å²) >= 11 is 0. The maximum absolute atomic E-state index is 12.1. The van der Waals surface area contributed by atoms with E-state index in [-0.39, 0.29) is 0 Å². The molecule has 0 heterocycles. The third-order valence-corrected chi connectivity index (χ3v) is 4.06. The monoisotopic (exact) mass is 260 g/mol. The summed E-state index contributed by atoms with van der Waals surface area (Å²) in [4.78, 5) is 0. The van der Waals surface area contributed by atoms with Crippen molar-refractivity contribution in [1.29, 1.82) is 0 Å². The van der Waals surface area contributed by atoms with Crippen LogP contribution >= 0.6 is 0 Å². The molecule has 0 radical (unpaired) electrons. The lowest BCUT2D eigenvalue weighted by atomic mass is 9.87. The Labute approximate surface area is 92.4 Å². The van der Waals surface area contributed by atoms with Gasteiger partial charge in [0.25, 0.3) is 0 Å². The predicted octanol–water partition coefficient (Wildman–Crippen LogP) is 0.943. The maximum atomic E-state index is 12.1. The van der Waals surface area contributed by atoms with Crippen LogP contribution in [-0.2, 0) is 10.0 Å². The lowest BCUT2D eigenvalue weighted by Crippen LogP contribution is -2.44. The van der Waals surface area contributed by atoms with E-state index in [0.29, 0.717) is 38.1 Å². The average Bonchev–Trinajstić information content (AvgIpc) is 2.16. The summed E-state index contributed by atoms with van der Waals surface area (Å²) in [5, 5.41) is 0. The molecule has 1 aliphatic rings. The smallest absolute Gasteiger partial charge is 0.330 e. The van der Waals surface area contributed by atoms with Gasteiger partial charge in [0, 0.05) is 6.04 Å². The summed E-state index contributed by atoms with van der Waals surface area (Å²) in [6, 6.07) is -0.616. The van der Waals surface area contributed by atoms with E-state index in [1.165, 1.54) is 0 Å². The predicted molar refractivity (Wildman–Crippen MR) is 52.9 cm³/mol. The van der Waals surface area contributed by atoms with Crippen molar-refractivity contribution in [2.24, 2.45) is 11.7 Å². The number of halogens is 3. The number of hydrogen-bond donors (Lipinski definition) is 2. The second-order valence-electron chi connectivity index (χ2n) is 4.02. The Bertz CT molecular complexity index is 321. The van der Waals surface area contributed by atoms with Gasteiger partial charge >= 0.3 is 15.5 Å². The van der Waals surface area contributed by atoms with Crippen molar-refractivity contribution in [2.75, 3.05) is 6.54 Å². The number of nitrogens with one attached hydrogen (secondary N) is 1. The lowest BCUT2D eigenvalue weighted by molar-refractivity contribution is -0.0452. The summed E-state index contributed by atoms with van der Waals surface area (Å²) in [5.74, 6) is 0.298. The number of alkyl halides is 3. The van der Waals surface area contributed by atoms with Crippen molar-refractivity contribution in [3.8, 4) is 0 Å². The lowest BCUT2D eigenvalue weighted by Gasteiger charge is -2.28. The molecular formula is C8H15F3N2O2S. The second kappa shape index (κ2) is 4.89. The molecule has 0 saturated heterocycles. The second-order valence-corrected chi connectivity index (χ2v) is 5.73. The molecule has 0 aromatic heterocycles. The first-order chi connectivity index (χ1) is 7.26. The standard InChI is InChI=1S/C8H15F3N2O2S/c9-8(10,11)16(14,15)13-7-3-1-6(5-12)2-4-7/h6-7,13H,1-5,12H2/t6-,7-. The Kier molecular flexibility index (Phi) is 4.19. The third kappa shape index (κ3) is 3.33. The molecular weight excluding hydrogens is 245 g/mol. The molecule has 0 aliphatic heterocycles. The highest BCUT2D eigenvalue weighted by Crippen LogP contribution is 2.27. The Hall–Kier alpha value is -0.340. The molecule has 0 aromatic carbocycles. The molecule has 16 heavy (non-hydrogen) atoms. The molecule has 3 N–H and O–H groups in total. The molecule has 0 amide bonds. The summed E-state index contributed by atoms with van der Waals surface area (Å²) in [5.41, 5.74) is 0.202. The van der Waals surface area contributed by atoms with Crippen LogP contribution in [-0.4, -0.2) is 26.5 Å². The van der Waals surface area contributed by atoms with Gasteiger partial charge in [-0.2, -0.15) is 13.2 Å². The molecule has 0 spiro atoms. The first-order valence-electron chi connectivity index (χ1n) is 5.05. The maximum Gasteiger partial charge on any atom is 0.511 e. The van der Waals surface area contributed by atoms with Crippen LogP contribution in [0.3, 0.4) is 0 Å². The van der Waals surface area contributed by atoms with Gasteiger partial charge in [0.05, 0.1) is 0 Å². The molecule has 0 atom stereocenters. The van der Waals surface area contributed by atoms with Crippen LogP contribution in [0, 0.1) is 5.92 Å². The van der Waals surface area contributed by atoms with Crippen LogP contribution in [0.25, 0.3) is 0 Å². The molecule has 8 heteroatoms. The quantitative estimate of drug-likeness (QED) is 0.793. The zero-order valence-electron chi connectivity index (χ0n) is 8.63. The summed E-state index contributed by atoms with van der Waals surface area (Å²) < 4.78 is 59.5. The van der Waals surface area contributed by atoms with Gasteiger partial charge in [-0.05, 0) is 38.1 Å². The molecule has 1 aliphatic carbocycles. The van der Waals surface area contributed by atoms with Crippen LogP contribution in [0.4, 0.5) is 13.2 Å². The van der Waals surface area contributed by atoms with Crippen LogP contribution in [0.15, 0.2) is 0 Å². The molecule has 1 fully saturated rings. The van der Waals surface area contributed by atoms with Gasteiger partial charge in [0.1, 0.15) is 0 Å². The van der Waals surface area contributed by atoms with Crippen molar-refractivity contribution >= 4 is 10.0 Å². The highest BCUT2D eigenvalue weighted by molar-refractivity contribution is 7.90. The molecule has 1 saturated carbocycles. The molecule has 0 bridgehead atoms. The molecule has 96 valence electrons. The van der Waals surface area contributed by atoms with Crippen molar-refractivity contribution < 1.29 is 21.6 Å². The topological polar surface area (TPSA) is 72.2 Å². The fourth-order valence-electron chi connectivity index (χ4n) is 1.80. The summed E-state index contributed by atoms with van der Waals surface area (Å²) in [6.07, 6.45) is 2.16. The number of sulfonamides is 1. The first-order valence-corrected chi connectivity index (χ1v) is 6.53. The number of rotatable bonds is 3. The largest absolute Gasteiger partial charge is 0.511 e. The minimum absolute atomic E-state index is 0.298. The zero-order chi connectivity index (χ0) is 12.4. The Balaban J connectivity index is 2.52. The van der Waals surface area contributed by atoms with Crippen molar-refractivity contribution in [3.05, 3.63) is 0 Å². The van der Waals surface area contributed by atoms with E-state index >= 15 is 0 Å². The fourth-order valence-corrected chi connectivity index (χ4v) is 2.61. The minimum atomic E-state index is -5.22. The first kappa shape index (κ1) is 13.7. The van der Waals surface area contributed by atoms with E-state index in [0.717, 1.165) is 0 Å². The Morgan fingerprint density at radius 2 is 1.69 bits per heavy atom. The molecule has 1 rings (SSSR count). The van der Waals surface area contributed by atoms with E-state index in [4.69, 9.17) is 5.73 Å². The van der Waals surface area contributed by atoms with E-state index in [1.807, 2.05) is 0 Å². The molecule has 0 aromatic rings. The van der Waals surface area contributed by atoms with Gasteiger partial charge in [-0.15, -0.1) is 0 Å². The van der Waals surface area contributed by atoms with Crippen molar-refractivity contribution in [1.82, 2.24) is 4.72 Å². The van der Waals surface area contributed by atoms with Crippen molar-refractivity contribution in [3.63, 3.8) is 0 Å². The molecule has 0 unspecified atom stereocenters.